The number of carbonyl (C=O) groups excluding carboxylic acids is 2. The molecule has 0 amide bonds. The second kappa shape index (κ2) is 6.70. The third kappa shape index (κ3) is 3.22. The van der Waals surface area contributed by atoms with Gasteiger partial charge in [0, 0.05) is 5.56 Å². The minimum absolute atomic E-state index is 0.0441. The molecule has 0 unspecified atom stereocenters. The minimum atomic E-state index is -0.607. The minimum Gasteiger partial charge on any atom is -0.493 e. The summed E-state index contributed by atoms with van der Waals surface area (Å²) in [5, 5.41) is 7.35. The molecule has 0 saturated carbocycles. The molecular formula is C14H15N3O5. The Morgan fingerprint density at radius 3 is 2.50 bits per heavy atom. The molecular weight excluding hydrogens is 290 g/mol. The third-order valence-electron chi connectivity index (χ3n) is 2.94. The Labute approximate surface area is 126 Å². The molecule has 1 heterocycles. The molecule has 0 saturated heterocycles. The van der Waals surface area contributed by atoms with Crippen molar-refractivity contribution in [2.24, 2.45) is 0 Å². The lowest BCUT2D eigenvalue weighted by molar-refractivity contribution is 0.0593. The van der Waals surface area contributed by atoms with E-state index in [2.05, 4.69) is 15.0 Å². The van der Waals surface area contributed by atoms with Crippen LogP contribution in [0.5, 0.6) is 11.5 Å². The number of hydrogen-bond acceptors (Lipinski definition) is 7. The van der Waals surface area contributed by atoms with Crippen molar-refractivity contribution in [3.8, 4) is 11.5 Å². The van der Waals surface area contributed by atoms with E-state index in [1.54, 1.807) is 18.2 Å². The molecule has 0 bridgehead atoms. The highest BCUT2D eigenvalue weighted by Gasteiger charge is 2.15. The smallest absolute Gasteiger partial charge is 0.360 e. The number of hydrogen-bond donors (Lipinski definition) is 0. The molecule has 0 aliphatic heterocycles. The highest BCUT2D eigenvalue weighted by atomic mass is 16.5. The van der Waals surface area contributed by atoms with Gasteiger partial charge in [0.2, 0.25) is 0 Å². The summed E-state index contributed by atoms with van der Waals surface area (Å²) >= 11 is 0. The predicted molar refractivity (Wildman–Crippen MR) is 75.2 cm³/mol. The number of ether oxygens (including phenoxy) is 3. The molecule has 0 aliphatic rings. The standard InChI is InChI=1S/C14H15N3O5/c1-20-12-5-4-9(6-13(12)21-2)11(18)8-17-7-10(15-16-17)14(19)22-3/h4-7H,8H2,1-3H3. The van der Waals surface area contributed by atoms with Gasteiger partial charge in [0.25, 0.3) is 0 Å². The maximum Gasteiger partial charge on any atom is 0.360 e. The number of carbonyl (C=O) groups is 2. The maximum absolute atomic E-state index is 12.2. The zero-order chi connectivity index (χ0) is 16.1. The zero-order valence-corrected chi connectivity index (χ0v) is 12.4. The first kappa shape index (κ1) is 15.5. The van der Waals surface area contributed by atoms with E-state index in [4.69, 9.17) is 9.47 Å². The summed E-state index contributed by atoms with van der Waals surface area (Å²) in [5.74, 6) is 0.182. The third-order valence-corrected chi connectivity index (χ3v) is 2.94. The first-order valence-electron chi connectivity index (χ1n) is 6.32. The topological polar surface area (TPSA) is 92.5 Å². The number of benzene rings is 1. The molecule has 0 N–H and O–H groups in total. The molecule has 8 nitrogen and oxygen atoms in total. The van der Waals surface area contributed by atoms with Crippen LogP contribution < -0.4 is 9.47 Å². The van der Waals surface area contributed by atoms with Gasteiger partial charge in [-0.1, -0.05) is 5.21 Å². The lowest BCUT2D eigenvalue weighted by Crippen LogP contribution is -2.11. The van der Waals surface area contributed by atoms with E-state index in [1.807, 2.05) is 0 Å². The van der Waals surface area contributed by atoms with Gasteiger partial charge in [-0.15, -0.1) is 5.10 Å². The van der Waals surface area contributed by atoms with Crippen LogP contribution in [0.1, 0.15) is 20.8 Å². The van der Waals surface area contributed by atoms with Gasteiger partial charge in [0.1, 0.15) is 6.54 Å². The Hall–Kier alpha value is -2.90. The Bertz CT molecular complexity index is 696. The number of rotatable bonds is 6. The first-order chi connectivity index (χ1) is 10.6. The largest absolute Gasteiger partial charge is 0.493 e. The normalized spacial score (nSPS) is 10.1. The molecule has 22 heavy (non-hydrogen) atoms. The van der Waals surface area contributed by atoms with Crippen molar-refractivity contribution in [2.75, 3.05) is 21.3 Å². The Morgan fingerprint density at radius 2 is 1.86 bits per heavy atom. The number of ketones is 1. The number of nitrogens with zero attached hydrogens (tertiary/aromatic N) is 3. The van der Waals surface area contributed by atoms with Crippen LogP contribution in [0.3, 0.4) is 0 Å². The Morgan fingerprint density at radius 1 is 1.14 bits per heavy atom. The highest BCUT2D eigenvalue weighted by molar-refractivity contribution is 5.96. The lowest BCUT2D eigenvalue weighted by atomic mass is 10.1. The summed E-state index contributed by atoms with van der Waals surface area (Å²) in [6.45, 7) is -0.0561. The molecule has 1 aromatic carbocycles. The van der Waals surface area contributed by atoms with Crippen LogP contribution in [0.4, 0.5) is 0 Å². The monoisotopic (exact) mass is 305 g/mol. The van der Waals surface area contributed by atoms with Crippen LogP contribution in [-0.2, 0) is 11.3 Å². The van der Waals surface area contributed by atoms with Gasteiger partial charge in [-0.25, -0.2) is 9.48 Å². The molecule has 8 heteroatoms. The average Bonchev–Trinajstić information content (AvgIpc) is 3.01. The van der Waals surface area contributed by atoms with Crippen molar-refractivity contribution in [3.63, 3.8) is 0 Å². The molecule has 116 valence electrons. The van der Waals surface area contributed by atoms with Crippen molar-refractivity contribution in [1.82, 2.24) is 15.0 Å². The molecule has 2 aromatic rings. The van der Waals surface area contributed by atoms with Gasteiger partial charge in [0.05, 0.1) is 27.5 Å². The summed E-state index contributed by atoms with van der Waals surface area (Å²) in [5.41, 5.74) is 0.482. The van der Waals surface area contributed by atoms with Gasteiger partial charge >= 0.3 is 5.97 Å². The summed E-state index contributed by atoms with van der Waals surface area (Å²) in [4.78, 5) is 23.5. The van der Waals surface area contributed by atoms with E-state index >= 15 is 0 Å². The summed E-state index contributed by atoms with van der Waals surface area (Å²) in [6.07, 6.45) is 1.35. The molecule has 2 rings (SSSR count). The fourth-order valence-electron chi connectivity index (χ4n) is 1.82. The number of esters is 1. The fourth-order valence-corrected chi connectivity index (χ4v) is 1.82. The van der Waals surface area contributed by atoms with Gasteiger partial charge < -0.3 is 14.2 Å². The SMILES string of the molecule is COC(=O)c1cn(CC(=O)c2ccc(OC)c(OC)c2)nn1. The van der Waals surface area contributed by atoms with Gasteiger partial charge in [-0.3, -0.25) is 4.79 Å². The Balaban J connectivity index is 2.15. The summed E-state index contributed by atoms with van der Waals surface area (Å²) in [7, 11) is 4.26. The van der Waals surface area contributed by atoms with Gasteiger partial charge in [-0.05, 0) is 18.2 Å². The van der Waals surface area contributed by atoms with Gasteiger partial charge in [0.15, 0.2) is 23.0 Å². The highest BCUT2D eigenvalue weighted by Crippen LogP contribution is 2.27. The molecule has 0 atom stereocenters. The maximum atomic E-state index is 12.2. The average molecular weight is 305 g/mol. The predicted octanol–water partition coefficient (Wildman–Crippen LogP) is 0.965. The lowest BCUT2D eigenvalue weighted by Gasteiger charge is -2.08. The van der Waals surface area contributed by atoms with E-state index in [0.717, 1.165) is 0 Å². The van der Waals surface area contributed by atoms with Crippen LogP contribution in [0, 0.1) is 0 Å². The first-order valence-corrected chi connectivity index (χ1v) is 6.32. The van der Waals surface area contributed by atoms with E-state index in [-0.39, 0.29) is 18.0 Å². The molecule has 0 spiro atoms. The van der Waals surface area contributed by atoms with Crippen LogP contribution in [0.25, 0.3) is 0 Å². The fraction of sp³-hybridized carbons (Fsp3) is 0.286. The quantitative estimate of drug-likeness (QED) is 0.579. The van der Waals surface area contributed by atoms with E-state index < -0.39 is 5.97 Å². The Kier molecular flexibility index (Phi) is 4.72. The number of aromatic nitrogens is 3. The van der Waals surface area contributed by atoms with Crippen molar-refractivity contribution in [1.29, 1.82) is 0 Å². The molecule has 0 aliphatic carbocycles. The summed E-state index contributed by atoms with van der Waals surface area (Å²) in [6, 6.07) is 4.86. The summed E-state index contributed by atoms with van der Waals surface area (Å²) < 4.78 is 16.1. The molecule has 0 fully saturated rings. The molecule has 0 radical (unpaired) electrons. The van der Waals surface area contributed by atoms with Crippen molar-refractivity contribution in [2.45, 2.75) is 6.54 Å². The van der Waals surface area contributed by atoms with E-state index in [0.29, 0.717) is 17.1 Å². The zero-order valence-electron chi connectivity index (χ0n) is 12.4. The van der Waals surface area contributed by atoms with E-state index in [1.165, 1.54) is 32.2 Å². The second-order valence-corrected chi connectivity index (χ2v) is 4.29. The second-order valence-electron chi connectivity index (χ2n) is 4.29. The van der Waals surface area contributed by atoms with Crippen LogP contribution in [-0.4, -0.2) is 48.1 Å². The van der Waals surface area contributed by atoms with Crippen molar-refractivity contribution in [3.05, 3.63) is 35.7 Å². The molecule has 1 aromatic heterocycles. The van der Waals surface area contributed by atoms with Crippen molar-refractivity contribution >= 4 is 11.8 Å². The van der Waals surface area contributed by atoms with E-state index in [9.17, 15) is 9.59 Å². The number of Topliss-reactive ketones (excluding diaryl/α,β-unsaturated/α-hetero) is 1. The van der Waals surface area contributed by atoms with Crippen LogP contribution >= 0.6 is 0 Å². The van der Waals surface area contributed by atoms with Crippen LogP contribution in [0.2, 0.25) is 0 Å². The number of methoxy groups -OCH3 is 3. The van der Waals surface area contributed by atoms with Crippen LogP contribution in [0.15, 0.2) is 24.4 Å². The van der Waals surface area contributed by atoms with Gasteiger partial charge in [-0.2, -0.15) is 0 Å². The van der Waals surface area contributed by atoms with Crippen molar-refractivity contribution < 1.29 is 23.8 Å².